The molecule has 1 heterocycles. The van der Waals surface area contributed by atoms with Gasteiger partial charge in [-0.1, -0.05) is 0 Å². The quantitative estimate of drug-likeness (QED) is 0.532. The molecule has 0 aromatic heterocycles. The van der Waals surface area contributed by atoms with Crippen LogP contribution in [0.3, 0.4) is 0 Å². The van der Waals surface area contributed by atoms with E-state index in [1.54, 1.807) is 0 Å². The Labute approximate surface area is 70.1 Å². The molecule has 0 unspecified atom stereocenters. The molecule has 0 atom stereocenters. The summed E-state index contributed by atoms with van der Waals surface area (Å²) < 4.78 is 31.4. The molecule has 0 radical (unpaired) electrons. The van der Waals surface area contributed by atoms with Gasteiger partial charge in [0.2, 0.25) is 4.91 Å². The summed E-state index contributed by atoms with van der Waals surface area (Å²) in [4.78, 5) is -0.444. The van der Waals surface area contributed by atoms with E-state index >= 15 is 0 Å². The van der Waals surface area contributed by atoms with E-state index in [0.717, 1.165) is 6.26 Å². The van der Waals surface area contributed by atoms with Crippen LogP contribution in [0.2, 0.25) is 0 Å². The summed E-state index contributed by atoms with van der Waals surface area (Å²) in [6, 6.07) is 1.53. The minimum atomic E-state index is -3.53. The Kier molecular flexibility index (Phi) is 2.24. The molecule has 0 aromatic rings. The second-order valence-corrected chi connectivity index (χ2v) is 4.15. The normalized spacial score (nSPS) is 16.2. The molecule has 1 aliphatic heterocycles. The Balaban J connectivity index is 3.13. The third-order valence-electron chi connectivity index (χ3n) is 1.21. The molecule has 0 amide bonds. The maximum absolute atomic E-state index is 10.9. The van der Waals surface area contributed by atoms with Crippen molar-refractivity contribution in [3.05, 3.63) is 10.9 Å². The summed E-state index contributed by atoms with van der Waals surface area (Å²) in [5.41, 5.74) is 0. The van der Waals surface area contributed by atoms with E-state index in [4.69, 9.17) is 14.7 Å². The minimum Gasteiger partial charge on any atom is -0.460 e. The fourth-order valence-electron chi connectivity index (χ4n) is 0.721. The third-order valence-corrected chi connectivity index (χ3v) is 2.21. The van der Waals surface area contributed by atoms with Crippen LogP contribution in [0.1, 0.15) is 0 Å². The summed E-state index contributed by atoms with van der Waals surface area (Å²) >= 11 is 0. The average molecular weight is 189 g/mol. The Morgan fingerprint density at radius 1 is 1.50 bits per heavy atom. The topological polar surface area (TPSA) is 76.4 Å². The van der Waals surface area contributed by atoms with Crippen LogP contribution in [0, 0.1) is 11.3 Å². The Hall–Kier alpha value is -1.22. The number of hydrogen-bond donors (Lipinski definition) is 0. The van der Waals surface area contributed by atoms with Crippen LogP contribution in [0.5, 0.6) is 0 Å². The van der Waals surface area contributed by atoms with E-state index in [-0.39, 0.29) is 19.2 Å². The highest BCUT2D eigenvalue weighted by Crippen LogP contribution is 2.16. The van der Waals surface area contributed by atoms with E-state index in [9.17, 15) is 8.42 Å². The fourth-order valence-corrected chi connectivity index (χ4v) is 1.31. The molecule has 0 spiro atoms. The van der Waals surface area contributed by atoms with Gasteiger partial charge >= 0.3 is 5.95 Å². The van der Waals surface area contributed by atoms with Crippen molar-refractivity contribution in [2.24, 2.45) is 0 Å². The maximum atomic E-state index is 10.9. The Morgan fingerprint density at radius 2 is 2.00 bits per heavy atom. The van der Waals surface area contributed by atoms with Gasteiger partial charge in [0.1, 0.15) is 19.3 Å². The predicted molar refractivity (Wildman–Crippen MR) is 39.4 cm³/mol. The van der Waals surface area contributed by atoms with Gasteiger partial charge in [-0.25, -0.2) is 8.42 Å². The first-order valence-corrected chi connectivity index (χ1v) is 5.05. The van der Waals surface area contributed by atoms with Crippen LogP contribution in [0.15, 0.2) is 10.9 Å². The van der Waals surface area contributed by atoms with Crippen LogP contribution in [-0.2, 0) is 19.3 Å². The molecular formula is C6H7NO4S. The summed E-state index contributed by atoms with van der Waals surface area (Å²) in [6.45, 7) is 0.575. The first kappa shape index (κ1) is 8.87. The van der Waals surface area contributed by atoms with Gasteiger partial charge in [-0.15, -0.1) is 0 Å². The zero-order valence-electron chi connectivity index (χ0n) is 6.40. The molecule has 5 nitrogen and oxygen atoms in total. The fraction of sp³-hybridized carbons (Fsp3) is 0.500. The lowest BCUT2D eigenvalue weighted by atomic mass is 10.6. The molecule has 0 aromatic carbocycles. The average Bonchev–Trinajstić information content (AvgIpc) is 2.38. The van der Waals surface area contributed by atoms with E-state index in [1.807, 2.05) is 0 Å². The molecule has 1 aliphatic rings. The number of sulfone groups is 1. The van der Waals surface area contributed by atoms with Gasteiger partial charge in [0, 0.05) is 6.26 Å². The van der Waals surface area contributed by atoms with Crippen molar-refractivity contribution >= 4 is 9.84 Å². The van der Waals surface area contributed by atoms with Crippen molar-refractivity contribution in [2.75, 3.05) is 19.5 Å². The van der Waals surface area contributed by atoms with Crippen molar-refractivity contribution in [3.63, 3.8) is 0 Å². The third kappa shape index (κ3) is 1.68. The van der Waals surface area contributed by atoms with E-state index in [0.29, 0.717) is 0 Å². The molecule has 66 valence electrons. The second kappa shape index (κ2) is 3.03. The number of allylic oxidation sites excluding steroid dienone is 1. The van der Waals surface area contributed by atoms with Gasteiger partial charge in [0.05, 0.1) is 0 Å². The SMILES string of the molecule is CS(=O)(=O)C(C#N)=C1OCCO1. The predicted octanol–water partition coefficient (Wildman–Crippen LogP) is -0.230. The van der Waals surface area contributed by atoms with Crippen LogP contribution < -0.4 is 0 Å². The largest absolute Gasteiger partial charge is 0.460 e. The first-order valence-electron chi connectivity index (χ1n) is 3.15. The first-order chi connectivity index (χ1) is 5.55. The highest BCUT2D eigenvalue weighted by atomic mass is 32.2. The molecular weight excluding hydrogens is 182 g/mol. The van der Waals surface area contributed by atoms with Crippen LogP contribution >= 0.6 is 0 Å². The number of nitrogens with zero attached hydrogens (tertiary/aromatic N) is 1. The van der Waals surface area contributed by atoms with E-state index in [1.165, 1.54) is 6.07 Å². The monoisotopic (exact) mass is 189 g/mol. The van der Waals surface area contributed by atoms with E-state index in [2.05, 4.69) is 0 Å². The van der Waals surface area contributed by atoms with Crippen LogP contribution in [0.4, 0.5) is 0 Å². The van der Waals surface area contributed by atoms with Crippen molar-refractivity contribution in [1.82, 2.24) is 0 Å². The zero-order valence-corrected chi connectivity index (χ0v) is 7.22. The standard InChI is InChI=1S/C6H7NO4S/c1-12(8,9)5(4-7)6-10-2-3-11-6/h2-3H2,1H3. The smallest absolute Gasteiger partial charge is 0.310 e. The molecule has 0 aliphatic carbocycles. The van der Waals surface area contributed by atoms with Gasteiger partial charge in [-0.3, -0.25) is 0 Å². The van der Waals surface area contributed by atoms with Crippen molar-refractivity contribution < 1.29 is 17.9 Å². The molecule has 1 rings (SSSR count). The molecule has 0 N–H and O–H groups in total. The van der Waals surface area contributed by atoms with Crippen LogP contribution in [-0.4, -0.2) is 27.9 Å². The van der Waals surface area contributed by atoms with Crippen molar-refractivity contribution in [1.29, 1.82) is 5.26 Å². The zero-order chi connectivity index (χ0) is 9.19. The summed E-state index contributed by atoms with van der Waals surface area (Å²) in [5.74, 6) is -0.181. The van der Waals surface area contributed by atoms with Crippen LogP contribution in [0.25, 0.3) is 0 Å². The summed E-state index contributed by atoms with van der Waals surface area (Å²) in [7, 11) is -3.53. The molecule has 1 fully saturated rings. The maximum Gasteiger partial charge on any atom is 0.310 e. The molecule has 12 heavy (non-hydrogen) atoms. The number of ether oxygens (including phenoxy) is 2. The van der Waals surface area contributed by atoms with Gasteiger partial charge in [-0.2, -0.15) is 5.26 Å². The van der Waals surface area contributed by atoms with E-state index < -0.39 is 14.7 Å². The molecule has 1 saturated heterocycles. The van der Waals surface area contributed by atoms with Gasteiger partial charge in [0.15, 0.2) is 9.84 Å². The van der Waals surface area contributed by atoms with Gasteiger partial charge < -0.3 is 9.47 Å². The van der Waals surface area contributed by atoms with Crippen molar-refractivity contribution in [2.45, 2.75) is 0 Å². The Bertz CT molecular complexity index is 340. The minimum absolute atomic E-state index is 0.181. The second-order valence-electron chi connectivity index (χ2n) is 2.20. The highest BCUT2D eigenvalue weighted by molar-refractivity contribution is 7.94. The lowest BCUT2D eigenvalue weighted by Crippen LogP contribution is -2.03. The molecule has 0 bridgehead atoms. The lowest BCUT2D eigenvalue weighted by molar-refractivity contribution is 0.174. The Morgan fingerprint density at radius 3 is 2.33 bits per heavy atom. The highest BCUT2D eigenvalue weighted by Gasteiger charge is 2.23. The number of hydrogen-bond acceptors (Lipinski definition) is 5. The molecule has 6 heteroatoms. The summed E-state index contributed by atoms with van der Waals surface area (Å²) in [6.07, 6.45) is 0.934. The summed E-state index contributed by atoms with van der Waals surface area (Å²) in [5, 5.41) is 8.48. The number of nitriles is 1. The molecule has 0 saturated carbocycles. The van der Waals surface area contributed by atoms with Gasteiger partial charge in [-0.05, 0) is 0 Å². The number of rotatable bonds is 1. The van der Waals surface area contributed by atoms with Crippen molar-refractivity contribution in [3.8, 4) is 6.07 Å². The van der Waals surface area contributed by atoms with Gasteiger partial charge in [0.25, 0.3) is 0 Å². The lowest BCUT2D eigenvalue weighted by Gasteiger charge is -1.98.